The van der Waals surface area contributed by atoms with E-state index in [1.54, 1.807) is 12.1 Å². The van der Waals surface area contributed by atoms with E-state index in [9.17, 15) is 13.2 Å². The number of halogens is 3. The van der Waals surface area contributed by atoms with Gasteiger partial charge in [-0.15, -0.1) is 0 Å². The van der Waals surface area contributed by atoms with Crippen LogP contribution in [0.25, 0.3) is 11.1 Å². The van der Waals surface area contributed by atoms with Crippen LogP contribution in [0.4, 0.5) is 19.0 Å². The number of nitrogens with two attached hydrogens (primary N) is 3. The Labute approximate surface area is 144 Å². The Morgan fingerprint density at radius 3 is 2.48 bits per heavy atom. The molecule has 0 fully saturated rings. The summed E-state index contributed by atoms with van der Waals surface area (Å²) in [5.74, 6) is -0.255. The molecular weight excluding hydrogens is 329 g/mol. The minimum absolute atomic E-state index is 0.255. The van der Waals surface area contributed by atoms with Gasteiger partial charge in [0.25, 0.3) is 5.71 Å². The standard InChI is InChI=1S/C18H21F3N4/c1-3-17(2,10-22)12-6-4-5-11(9-12)13-7-8-25-16(24)14(13)15(23)18(19,20)21/h4-9,23H,3,10,22H2,1-2H3,(H2,24,25)/p+1. The summed E-state index contributed by atoms with van der Waals surface area (Å²) < 4.78 is 39.4. The molecule has 0 spiro atoms. The summed E-state index contributed by atoms with van der Waals surface area (Å²) >= 11 is 0. The van der Waals surface area contributed by atoms with E-state index in [4.69, 9.17) is 16.9 Å². The van der Waals surface area contributed by atoms with Crippen molar-refractivity contribution in [3.8, 4) is 11.1 Å². The molecule has 4 nitrogen and oxygen atoms in total. The molecule has 0 amide bonds. The van der Waals surface area contributed by atoms with Gasteiger partial charge in [0.15, 0.2) is 0 Å². The van der Waals surface area contributed by atoms with Crippen molar-refractivity contribution in [1.82, 2.24) is 4.98 Å². The van der Waals surface area contributed by atoms with E-state index in [1.807, 2.05) is 26.0 Å². The summed E-state index contributed by atoms with van der Waals surface area (Å²) in [6.07, 6.45) is -2.53. The number of nitrogens with zero attached hydrogens (tertiary/aromatic N) is 1. The van der Waals surface area contributed by atoms with Gasteiger partial charge in [-0.2, -0.15) is 13.2 Å². The topological polar surface area (TPSA) is 90.5 Å². The number of anilines is 1. The highest BCUT2D eigenvalue weighted by atomic mass is 19.4. The van der Waals surface area contributed by atoms with Gasteiger partial charge in [0.05, 0.1) is 0 Å². The molecule has 6 N–H and O–H groups in total. The molecule has 1 atom stereocenters. The maximum Gasteiger partial charge on any atom is 0.477 e. The largest absolute Gasteiger partial charge is 0.477 e. The number of alkyl halides is 3. The fourth-order valence-corrected chi connectivity index (χ4v) is 2.67. The Hall–Kier alpha value is -2.41. The lowest BCUT2D eigenvalue weighted by atomic mass is 9.79. The zero-order chi connectivity index (χ0) is 18.8. The molecule has 0 radical (unpaired) electrons. The second kappa shape index (κ2) is 6.84. The summed E-state index contributed by atoms with van der Waals surface area (Å²) in [7, 11) is 0. The third kappa shape index (κ3) is 3.66. The number of rotatable bonds is 5. The molecule has 0 saturated heterocycles. The predicted octanol–water partition coefficient (Wildman–Crippen LogP) is 2.07. The monoisotopic (exact) mass is 351 g/mol. The SMILES string of the molecule is CCC(C)(CN)c1cccc(-c2ccnc(N)c2C(=[NH2+])C(F)(F)F)c1. The van der Waals surface area contributed by atoms with Gasteiger partial charge in [-0.1, -0.05) is 38.1 Å². The molecule has 1 aromatic carbocycles. The van der Waals surface area contributed by atoms with E-state index in [0.717, 1.165) is 12.0 Å². The molecule has 0 bridgehead atoms. The van der Waals surface area contributed by atoms with Crippen LogP contribution >= 0.6 is 0 Å². The molecule has 1 aromatic heterocycles. The van der Waals surface area contributed by atoms with Crippen molar-refractivity contribution >= 4 is 11.5 Å². The highest BCUT2D eigenvalue weighted by molar-refractivity contribution is 6.08. The molecule has 1 heterocycles. The van der Waals surface area contributed by atoms with E-state index >= 15 is 0 Å². The average molecular weight is 351 g/mol. The normalized spacial score (nSPS) is 14.2. The van der Waals surface area contributed by atoms with Crippen LogP contribution in [-0.2, 0) is 5.41 Å². The van der Waals surface area contributed by atoms with Crippen LogP contribution in [0.15, 0.2) is 36.5 Å². The van der Waals surface area contributed by atoms with Crippen molar-refractivity contribution < 1.29 is 18.6 Å². The maximum absolute atomic E-state index is 13.1. The Morgan fingerprint density at radius 1 is 1.24 bits per heavy atom. The fourth-order valence-electron chi connectivity index (χ4n) is 2.67. The van der Waals surface area contributed by atoms with Crippen molar-refractivity contribution in [3.05, 3.63) is 47.7 Å². The summed E-state index contributed by atoms with van der Waals surface area (Å²) in [5, 5.41) is 5.34. The van der Waals surface area contributed by atoms with Crippen molar-refractivity contribution in [3.63, 3.8) is 0 Å². The second-order valence-corrected chi connectivity index (χ2v) is 6.23. The zero-order valence-electron chi connectivity index (χ0n) is 14.2. The minimum Gasteiger partial charge on any atom is -0.383 e. The first-order valence-electron chi connectivity index (χ1n) is 7.89. The number of hydrogen-bond acceptors (Lipinski definition) is 3. The average Bonchev–Trinajstić information content (AvgIpc) is 2.59. The fraction of sp³-hybridized carbons (Fsp3) is 0.333. The molecule has 2 aromatic rings. The molecule has 0 saturated carbocycles. The number of benzene rings is 1. The van der Waals surface area contributed by atoms with Crippen LogP contribution in [0, 0.1) is 0 Å². The van der Waals surface area contributed by atoms with Crippen molar-refractivity contribution in [1.29, 1.82) is 0 Å². The Morgan fingerprint density at radius 2 is 1.92 bits per heavy atom. The number of pyridine rings is 1. The van der Waals surface area contributed by atoms with Gasteiger partial charge in [0.2, 0.25) is 0 Å². The first-order chi connectivity index (χ1) is 11.6. The van der Waals surface area contributed by atoms with E-state index in [1.165, 1.54) is 12.3 Å². The molecule has 7 heteroatoms. The Balaban J connectivity index is 2.65. The maximum atomic E-state index is 13.1. The van der Waals surface area contributed by atoms with E-state index in [2.05, 4.69) is 4.98 Å². The van der Waals surface area contributed by atoms with Gasteiger partial charge in [0, 0.05) is 23.7 Å². The lowest BCUT2D eigenvalue weighted by Gasteiger charge is -2.27. The van der Waals surface area contributed by atoms with Crippen molar-refractivity contribution in [2.75, 3.05) is 12.3 Å². The Kier molecular flexibility index (Phi) is 5.17. The summed E-state index contributed by atoms with van der Waals surface area (Å²) in [6, 6.07) is 8.74. The molecule has 1 unspecified atom stereocenters. The van der Waals surface area contributed by atoms with Crippen LogP contribution in [0.5, 0.6) is 0 Å². The van der Waals surface area contributed by atoms with Gasteiger partial charge in [-0.25, -0.2) is 10.4 Å². The van der Waals surface area contributed by atoms with Crippen LogP contribution in [-0.4, -0.2) is 23.4 Å². The molecule has 25 heavy (non-hydrogen) atoms. The highest BCUT2D eigenvalue weighted by Gasteiger charge is 2.43. The van der Waals surface area contributed by atoms with Gasteiger partial charge >= 0.3 is 6.18 Å². The molecule has 0 aliphatic carbocycles. The first-order valence-corrected chi connectivity index (χ1v) is 7.89. The quantitative estimate of drug-likeness (QED) is 0.720. The molecule has 0 aliphatic rings. The van der Waals surface area contributed by atoms with Crippen molar-refractivity contribution in [2.24, 2.45) is 5.73 Å². The van der Waals surface area contributed by atoms with E-state index in [-0.39, 0.29) is 16.8 Å². The highest BCUT2D eigenvalue weighted by Crippen LogP contribution is 2.34. The summed E-state index contributed by atoms with van der Waals surface area (Å²) in [5.41, 5.74) is 11.6. The van der Waals surface area contributed by atoms with Crippen LogP contribution in [0.1, 0.15) is 31.4 Å². The molecule has 0 aliphatic heterocycles. The summed E-state index contributed by atoms with van der Waals surface area (Å²) in [4.78, 5) is 3.76. The number of nitrogen functional groups attached to an aromatic ring is 1. The van der Waals surface area contributed by atoms with E-state index in [0.29, 0.717) is 17.7 Å². The summed E-state index contributed by atoms with van der Waals surface area (Å²) in [6.45, 7) is 4.46. The third-order valence-corrected chi connectivity index (χ3v) is 4.66. The smallest absolute Gasteiger partial charge is 0.383 e. The molecule has 2 rings (SSSR count). The lowest BCUT2D eigenvalue weighted by Crippen LogP contribution is -2.50. The number of hydrogen-bond donors (Lipinski definition) is 3. The lowest BCUT2D eigenvalue weighted by molar-refractivity contribution is -0.165. The van der Waals surface area contributed by atoms with Gasteiger partial charge in [0.1, 0.15) is 11.4 Å². The Bertz CT molecular complexity index is 780. The van der Waals surface area contributed by atoms with E-state index < -0.39 is 11.9 Å². The van der Waals surface area contributed by atoms with Gasteiger partial charge < -0.3 is 11.5 Å². The zero-order valence-corrected chi connectivity index (χ0v) is 14.2. The van der Waals surface area contributed by atoms with Crippen LogP contribution in [0.2, 0.25) is 0 Å². The minimum atomic E-state index is -4.70. The van der Waals surface area contributed by atoms with Crippen LogP contribution in [0.3, 0.4) is 0 Å². The predicted molar refractivity (Wildman–Crippen MR) is 92.9 cm³/mol. The van der Waals surface area contributed by atoms with Gasteiger partial charge in [-0.05, 0) is 23.6 Å². The molecule has 134 valence electrons. The molecular formula is C18H22F3N4+. The third-order valence-electron chi connectivity index (χ3n) is 4.66. The second-order valence-electron chi connectivity index (χ2n) is 6.23. The van der Waals surface area contributed by atoms with Gasteiger partial charge in [-0.3, -0.25) is 0 Å². The van der Waals surface area contributed by atoms with Crippen LogP contribution < -0.4 is 16.9 Å². The number of aromatic nitrogens is 1. The first kappa shape index (κ1) is 18.9. The van der Waals surface area contributed by atoms with Crippen molar-refractivity contribution in [2.45, 2.75) is 31.9 Å².